The Balaban J connectivity index is 1.47. The highest BCUT2D eigenvalue weighted by atomic mass is 32.2. The van der Waals surface area contributed by atoms with Crippen LogP contribution in [0, 0.1) is 17.0 Å². The average molecular weight is 433 g/mol. The lowest BCUT2D eigenvalue weighted by Gasteiger charge is -2.34. The fourth-order valence-electron chi connectivity index (χ4n) is 3.24. The number of piperazine rings is 1. The van der Waals surface area contributed by atoms with E-state index >= 15 is 0 Å². The van der Waals surface area contributed by atoms with Crippen LogP contribution in [0.3, 0.4) is 0 Å². The molecule has 0 aliphatic carbocycles. The molecule has 0 bridgehead atoms. The molecule has 0 aromatic heterocycles. The molecule has 2 aromatic carbocycles. The maximum atomic E-state index is 12.7. The van der Waals surface area contributed by atoms with Crippen LogP contribution in [0.25, 0.3) is 0 Å². The summed E-state index contributed by atoms with van der Waals surface area (Å²) in [6.07, 6.45) is 0. The summed E-state index contributed by atoms with van der Waals surface area (Å²) in [7, 11) is -3.50. The molecule has 10 heteroatoms. The van der Waals surface area contributed by atoms with Crippen LogP contribution in [0.2, 0.25) is 0 Å². The number of nitrogens with zero attached hydrogens (tertiary/aromatic N) is 3. The summed E-state index contributed by atoms with van der Waals surface area (Å²) in [4.78, 5) is 24.8. The molecule has 0 spiro atoms. The van der Waals surface area contributed by atoms with Crippen molar-refractivity contribution in [2.75, 3.05) is 39.3 Å². The van der Waals surface area contributed by atoms with Crippen molar-refractivity contribution in [3.05, 3.63) is 69.8 Å². The third kappa shape index (κ3) is 5.21. The number of rotatable bonds is 7. The van der Waals surface area contributed by atoms with Crippen molar-refractivity contribution >= 4 is 21.6 Å². The standard InChI is InChI=1S/C20H24N4O5S/c1-16-5-7-19(8-6-16)30(28,29)23-13-11-22(12-14-23)10-9-21-20(25)17-3-2-4-18(15-17)24(26)27/h2-8,15H,9-14H2,1H3,(H,21,25). The second kappa shape index (κ2) is 9.33. The maximum Gasteiger partial charge on any atom is 0.270 e. The molecule has 30 heavy (non-hydrogen) atoms. The molecule has 1 amide bonds. The lowest BCUT2D eigenvalue weighted by Crippen LogP contribution is -2.50. The zero-order chi connectivity index (χ0) is 21.7. The number of nitro groups is 1. The molecular formula is C20H24N4O5S. The monoisotopic (exact) mass is 432 g/mol. The van der Waals surface area contributed by atoms with Gasteiger partial charge in [0.1, 0.15) is 0 Å². The normalized spacial score (nSPS) is 15.6. The van der Waals surface area contributed by atoms with Crippen molar-refractivity contribution < 1.29 is 18.1 Å². The number of non-ortho nitro benzene ring substituents is 1. The van der Waals surface area contributed by atoms with E-state index in [-0.39, 0.29) is 17.2 Å². The molecule has 0 unspecified atom stereocenters. The van der Waals surface area contributed by atoms with Gasteiger partial charge in [0.25, 0.3) is 11.6 Å². The zero-order valence-electron chi connectivity index (χ0n) is 16.7. The van der Waals surface area contributed by atoms with Gasteiger partial charge in [-0.05, 0) is 25.1 Å². The van der Waals surface area contributed by atoms with Crippen LogP contribution < -0.4 is 5.32 Å². The Kier molecular flexibility index (Phi) is 6.80. The third-order valence-corrected chi connectivity index (χ3v) is 6.94. The second-order valence-corrected chi connectivity index (χ2v) is 9.06. The minimum atomic E-state index is -3.50. The lowest BCUT2D eigenvalue weighted by atomic mass is 10.2. The number of benzene rings is 2. The number of amides is 1. The van der Waals surface area contributed by atoms with Crippen LogP contribution in [0.1, 0.15) is 15.9 Å². The molecule has 1 heterocycles. The second-order valence-electron chi connectivity index (χ2n) is 7.12. The molecule has 1 fully saturated rings. The van der Waals surface area contributed by atoms with E-state index in [2.05, 4.69) is 10.2 Å². The van der Waals surface area contributed by atoms with Gasteiger partial charge in [-0.3, -0.25) is 19.8 Å². The van der Waals surface area contributed by atoms with E-state index in [0.717, 1.165) is 5.56 Å². The highest BCUT2D eigenvalue weighted by molar-refractivity contribution is 7.89. The summed E-state index contributed by atoms with van der Waals surface area (Å²) < 4.78 is 27.0. The van der Waals surface area contributed by atoms with Gasteiger partial charge in [-0.2, -0.15) is 4.31 Å². The van der Waals surface area contributed by atoms with Crippen molar-refractivity contribution in [1.82, 2.24) is 14.5 Å². The fourth-order valence-corrected chi connectivity index (χ4v) is 4.67. The number of sulfonamides is 1. The summed E-state index contributed by atoms with van der Waals surface area (Å²) in [5.41, 5.74) is 1.11. The molecule has 2 aromatic rings. The highest BCUT2D eigenvalue weighted by Crippen LogP contribution is 2.18. The molecule has 0 saturated carbocycles. The van der Waals surface area contributed by atoms with E-state index in [1.165, 1.54) is 28.6 Å². The Morgan fingerprint density at radius 3 is 2.40 bits per heavy atom. The zero-order valence-corrected chi connectivity index (χ0v) is 17.5. The van der Waals surface area contributed by atoms with E-state index in [4.69, 9.17) is 0 Å². The Morgan fingerprint density at radius 1 is 1.10 bits per heavy atom. The van der Waals surface area contributed by atoms with E-state index in [1.807, 2.05) is 6.92 Å². The van der Waals surface area contributed by atoms with E-state index < -0.39 is 14.9 Å². The van der Waals surface area contributed by atoms with Gasteiger partial charge in [0.05, 0.1) is 9.82 Å². The van der Waals surface area contributed by atoms with E-state index in [9.17, 15) is 23.3 Å². The first-order valence-electron chi connectivity index (χ1n) is 9.59. The van der Waals surface area contributed by atoms with Crippen LogP contribution in [0.5, 0.6) is 0 Å². The molecule has 1 aliphatic heterocycles. The maximum absolute atomic E-state index is 12.7. The highest BCUT2D eigenvalue weighted by Gasteiger charge is 2.28. The fraction of sp³-hybridized carbons (Fsp3) is 0.350. The van der Waals surface area contributed by atoms with Gasteiger partial charge >= 0.3 is 0 Å². The minimum Gasteiger partial charge on any atom is -0.351 e. The van der Waals surface area contributed by atoms with Crippen molar-refractivity contribution in [3.8, 4) is 0 Å². The van der Waals surface area contributed by atoms with E-state index in [1.54, 1.807) is 24.3 Å². The van der Waals surface area contributed by atoms with Crippen LogP contribution in [-0.2, 0) is 10.0 Å². The first-order valence-corrected chi connectivity index (χ1v) is 11.0. The van der Waals surface area contributed by atoms with Gasteiger partial charge in [-0.25, -0.2) is 8.42 Å². The van der Waals surface area contributed by atoms with Crippen molar-refractivity contribution in [2.24, 2.45) is 0 Å². The first-order chi connectivity index (χ1) is 14.3. The molecule has 1 saturated heterocycles. The summed E-state index contributed by atoms with van der Waals surface area (Å²) >= 11 is 0. The summed E-state index contributed by atoms with van der Waals surface area (Å²) in [6, 6.07) is 12.4. The molecule has 1 aliphatic rings. The van der Waals surface area contributed by atoms with Gasteiger partial charge in [-0.1, -0.05) is 23.8 Å². The van der Waals surface area contributed by atoms with Crippen LogP contribution >= 0.6 is 0 Å². The van der Waals surface area contributed by atoms with Gasteiger partial charge in [0.2, 0.25) is 10.0 Å². The number of nitrogens with one attached hydrogen (secondary N) is 1. The number of carbonyl (C=O) groups excluding carboxylic acids is 1. The third-order valence-electron chi connectivity index (χ3n) is 5.02. The van der Waals surface area contributed by atoms with Crippen molar-refractivity contribution in [3.63, 3.8) is 0 Å². The predicted octanol–water partition coefficient (Wildman–Crippen LogP) is 1.64. The van der Waals surface area contributed by atoms with Gasteiger partial charge in [-0.15, -0.1) is 0 Å². The molecule has 3 rings (SSSR count). The van der Waals surface area contributed by atoms with Gasteiger partial charge in [0, 0.05) is 57.0 Å². The Hall–Kier alpha value is -2.82. The molecule has 160 valence electrons. The minimum absolute atomic E-state index is 0.131. The average Bonchev–Trinajstić information content (AvgIpc) is 2.74. The van der Waals surface area contributed by atoms with Crippen molar-refractivity contribution in [2.45, 2.75) is 11.8 Å². The molecule has 1 N–H and O–H groups in total. The van der Waals surface area contributed by atoms with E-state index in [0.29, 0.717) is 44.2 Å². The summed E-state index contributed by atoms with van der Waals surface area (Å²) in [6.45, 7) is 4.75. The molecule has 9 nitrogen and oxygen atoms in total. The van der Waals surface area contributed by atoms with Crippen LogP contribution in [0.15, 0.2) is 53.4 Å². The first kappa shape index (κ1) is 21.9. The number of hydrogen-bond donors (Lipinski definition) is 1. The Bertz CT molecular complexity index is 1020. The lowest BCUT2D eigenvalue weighted by molar-refractivity contribution is -0.384. The molecule has 0 atom stereocenters. The topological polar surface area (TPSA) is 113 Å². The van der Waals surface area contributed by atoms with Crippen molar-refractivity contribution in [1.29, 1.82) is 0 Å². The molecule has 0 radical (unpaired) electrons. The van der Waals surface area contributed by atoms with Gasteiger partial charge < -0.3 is 5.32 Å². The van der Waals surface area contributed by atoms with Crippen LogP contribution in [0.4, 0.5) is 5.69 Å². The van der Waals surface area contributed by atoms with Crippen LogP contribution in [-0.4, -0.2) is 67.7 Å². The SMILES string of the molecule is Cc1ccc(S(=O)(=O)N2CCN(CCNC(=O)c3cccc([N+](=O)[O-])c3)CC2)cc1. The summed E-state index contributed by atoms with van der Waals surface area (Å²) in [5, 5.41) is 13.6. The van der Waals surface area contributed by atoms with Gasteiger partial charge in [0.15, 0.2) is 0 Å². The summed E-state index contributed by atoms with van der Waals surface area (Å²) in [5.74, 6) is -0.376. The largest absolute Gasteiger partial charge is 0.351 e. The Labute approximate surface area is 175 Å². The number of nitro benzene ring substituents is 1. The smallest absolute Gasteiger partial charge is 0.270 e. The number of aryl methyl sites for hydroxylation is 1. The molecular weight excluding hydrogens is 408 g/mol. The quantitative estimate of drug-likeness (QED) is 0.526. The number of hydrogen-bond acceptors (Lipinski definition) is 6. The predicted molar refractivity (Wildman–Crippen MR) is 112 cm³/mol. The number of carbonyl (C=O) groups is 1. The Morgan fingerprint density at radius 2 is 1.77 bits per heavy atom.